The minimum absolute atomic E-state index is 0.276. The van der Waals surface area contributed by atoms with E-state index < -0.39 is 11.7 Å². The standard InChI is InChI=1S/C25H26ClN5O3/c1-14-9-10-15(11-18(14)33-5)19-20-22(30-24(32)34-25(2,3)4)28-13-29-23(20)31(21(19)26)17-8-6-7-16(27)12-17/h6-13H,27H2,1-5H3,(H,28,29,30,32). The van der Waals surface area contributed by atoms with Crippen molar-refractivity contribution in [2.24, 2.45) is 0 Å². The Bertz CT molecular complexity index is 1390. The van der Waals surface area contributed by atoms with Crippen LogP contribution in [0.2, 0.25) is 5.15 Å². The highest BCUT2D eigenvalue weighted by atomic mass is 35.5. The number of carbonyl (C=O) groups is 1. The Labute approximate surface area is 202 Å². The van der Waals surface area contributed by atoms with Gasteiger partial charge in [-0.15, -0.1) is 0 Å². The summed E-state index contributed by atoms with van der Waals surface area (Å²) in [5, 5.41) is 3.70. The lowest BCUT2D eigenvalue weighted by Crippen LogP contribution is -2.27. The molecule has 0 saturated carbocycles. The number of rotatable bonds is 4. The summed E-state index contributed by atoms with van der Waals surface area (Å²) < 4.78 is 12.7. The second-order valence-corrected chi connectivity index (χ2v) is 9.19. The Hall–Kier alpha value is -3.78. The fourth-order valence-electron chi connectivity index (χ4n) is 3.72. The first-order valence-electron chi connectivity index (χ1n) is 10.6. The van der Waals surface area contributed by atoms with Crippen LogP contribution in [0, 0.1) is 6.92 Å². The topological polar surface area (TPSA) is 104 Å². The molecule has 0 spiro atoms. The van der Waals surface area contributed by atoms with E-state index in [2.05, 4.69) is 15.3 Å². The summed E-state index contributed by atoms with van der Waals surface area (Å²) >= 11 is 6.99. The van der Waals surface area contributed by atoms with Gasteiger partial charge in [-0.3, -0.25) is 9.88 Å². The van der Waals surface area contributed by atoms with Gasteiger partial charge in [0.1, 0.15) is 28.6 Å². The SMILES string of the molecule is COc1cc(-c2c(Cl)n(-c3cccc(N)c3)c3ncnc(NC(=O)OC(C)(C)C)c23)ccc1C. The number of benzene rings is 2. The molecule has 2 heterocycles. The molecule has 0 atom stereocenters. The fraction of sp³-hybridized carbons (Fsp3) is 0.240. The van der Waals surface area contributed by atoms with Crippen molar-refractivity contribution in [2.45, 2.75) is 33.3 Å². The van der Waals surface area contributed by atoms with E-state index in [1.165, 1.54) is 6.33 Å². The van der Waals surface area contributed by atoms with Crippen molar-refractivity contribution in [2.75, 3.05) is 18.2 Å². The Morgan fingerprint density at radius 2 is 1.91 bits per heavy atom. The number of methoxy groups -OCH3 is 1. The molecule has 9 heteroatoms. The number of nitrogen functional groups attached to an aromatic ring is 1. The summed E-state index contributed by atoms with van der Waals surface area (Å²) in [4.78, 5) is 21.4. The largest absolute Gasteiger partial charge is 0.496 e. The van der Waals surface area contributed by atoms with Crippen LogP contribution < -0.4 is 15.8 Å². The Balaban J connectivity index is 2.00. The third-order valence-corrected chi connectivity index (χ3v) is 5.49. The number of nitrogens with one attached hydrogen (secondary N) is 1. The van der Waals surface area contributed by atoms with Crippen molar-refractivity contribution in [3.05, 3.63) is 59.5 Å². The number of ether oxygens (including phenoxy) is 2. The summed E-state index contributed by atoms with van der Waals surface area (Å²) in [6.45, 7) is 7.33. The first-order chi connectivity index (χ1) is 16.1. The molecular formula is C25H26ClN5O3. The zero-order chi connectivity index (χ0) is 24.6. The van der Waals surface area contributed by atoms with Crippen LogP contribution in [-0.2, 0) is 4.74 Å². The van der Waals surface area contributed by atoms with E-state index in [0.717, 1.165) is 16.8 Å². The average molecular weight is 480 g/mol. The molecule has 0 radical (unpaired) electrons. The third kappa shape index (κ3) is 4.49. The maximum absolute atomic E-state index is 12.6. The molecule has 4 rings (SSSR count). The van der Waals surface area contributed by atoms with E-state index in [-0.39, 0.29) is 5.82 Å². The molecule has 1 amide bonds. The number of anilines is 2. The lowest BCUT2D eigenvalue weighted by atomic mass is 10.0. The number of hydrogen-bond donors (Lipinski definition) is 2. The number of amides is 1. The molecule has 2 aromatic carbocycles. The van der Waals surface area contributed by atoms with E-state index in [4.69, 9.17) is 26.8 Å². The number of halogens is 1. The van der Waals surface area contributed by atoms with Crippen LogP contribution in [0.5, 0.6) is 5.75 Å². The summed E-state index contributed by atoms with van der Waals surface area (Å²) in [5.41, 5.74) is 9.57. The van der Waals surface area contributed by atoms with Crippen molar-refractivity contribution >= 4 is 40.2 Å². The second-order valence-electron chi connectivity index (χ2n) is 8.83. The van der Waals surface area contributed by atoms with E-state index in [1.54, 1.807) is 44.6 Å². The van der Waals surface area contributed by atoms with Crippen LogP contribution in [0.1, 0.15) is 26.3 Å². The number of fused-ring (bicyclic) bond motifs is 1. The van der Waals surface area contributed by atoms with E-state index in [9.17, 15) is 4.79 Å². The van der Waals surface area contributed by atoms with Gasteiger partial charge in [0.15, 0.2) is 5.65 Å². The lowest BCUT2D eigenvalue weighted by molar-refractivity contribution is 0.0635. The third-order valence-electron chi connectivity index (χ3n) is 5.14. The molecule has 34 heavy (non-hydrogen) atoms. The average Bonchev–Trinajstić information content (AvgIpc) is 3.05. The van der Waals surface area contributed by atoms with Crippen molar-refractivity contribution in [1.29, 1.82) is 0 Å². The van der Waals surface area contributed by atoms with Gasteiger partial charge in [0.05, 0.1) is 18.2 Å². The first-order valence-corrected chi connectivity index (χ1v) is 11.0. The van der Waals surface area contributed by atoms with E-state index in [1.807, 2.05) is 37.3 Å². The van der Waals surface area contributed by atoms with Gasteiger partial charge in [0, 0.05) is 11.3 Å². The number of nitrogens with two attached hydrogens (primary N) is 1. The summed E-state index contributed by atoms with van der Waals surface area (Å²) in [6, 6.07) is 13.1. The Kier molecular flexibility index (Phi) is 6.10. The molecule has 0 fully saturated rings. The van der Waals surface area contributed by atoms with E-state index >= 15 is 0 Å². The predicted molar refractivity (Wildman–Crippen MR) is 135 cm³/mol. The van der Waals surface area contributed by atoms with Crippen molar-refractivity contribution < 1.29 is 14.3 Å². The Morgan fingerprint density at radius 1 is 1.15 bits per heavy atom. The van der Waals surface area contributed by atoms with Gasteiger partial charge in [-0.2, -0.15) is 0 Å². The van der Waals surface area contributed by atoms with Gasteiger partial charge in [-0.05, 0) is 63.1 Å². The highest BCUT2D eigenvalue weighted by Gasteiger charge is 2.25. The maximum atomic E-state index is 12.6. The number of nitrogens with zero attached hydrogens (tertiary/aromatic N) is 3. The molecule has 4 aromatic rings. The molecule has 0 unspecified atom stereocenters. The normalized spacial score (nSPS) is 11.5. The minimum atomic E-state index is -0.672. The molecule has 0 saturated heterocycles. The number of aryl methyl sites for hydroxylation is 1. The van der Waals surface area contributed by atoms with Gasteiger partial charge in [-0.1, -0.05) is 29.8 Å². The Morgan fingerprint density at radius 3 is 2.59 bits per heavy atom. The first kappa shape index (κ1) is 23.4. The molecule has 0 aliphatic heterocycles. The molecule has 8 nitrogen and oxygen atoms in total. The monoisotopic (exact) mass is 479 g/mol. The second kappa shape index (κ2) is 8.87. The molecule has 176 valence electrons. The van der Waals surface area contributed by atoms with E-state index in [0.29, 0.717) is 33.2 Å². The smallest absolute Gasteiger partial charge is 0.413 e. The van der Waals surface area contributed by atoms with Crippen molar-refractivity contribution in [1.82, 2.24) is 14.5 Å². The molecule has 0 aliphatic rings. The lowest BCUT2D eigenvalue weighted by Gasteiger charge is -2.19. The van der Waals surface area contributed by atoms with Gasteiger partial charge in [0.2, 0.25) is 0 Å². The molecule has 3 N–H and O–H groups in total. The highest BCUT2D eigenvalue weighted by molar-refractivity contribution is 6.35. The van der Waals surface area contributed by atoms with Crippen LogP contribution in [0.15, 0.2) is 48.8 Å². The van der Waals surface area contributed by atoms with Gasteiger partial charge in [-0.25, -0.2) is 14.8 Å². The van der Waals surface area contributed by atoms with Crippen LogP contribution >= 0.6 is 11.6 Å². The predicted octanol–water partition coefficient (Wildman–Crippen LogP) is 5.99. The fourth-order valence-corrected chi connectivity index (χ4v) is 4.10. The summed E-state index contributed by atoms with van der Waals surface area (Å²) in [6.07, 6.45) is 0.737. The number of carbonyl (C=O) groups excluding carboxylic acids is 1. The van der Waals surface area contributed by atoms with Crippen LogP contribution in [0.4, 0.5) is 16.3 Å². The van der Waals surface area contributed by atoms with Crippen molar-refractivity contribution in [3.63, 3.8) is 0 Å². The number of aromatic nitrogens is 3. The zero-order valence-corrected chi connectivity index (χ0v) is 20.4. The minimum Gasteiger partial charge on any atom is -0.496 e. The van der Waals surface area contributed by atoms with Gasteiger partial charge >= 0.3 is 6.09 Å². The molecule has 0 bridgehead atoms. The zero-order valence-electron chi connectivity index (χ0n) is 19.6. The maximum Gasteiger partial charge on any atom is 0.413 e. The van der Waals surface area contributed by atoms with Gasteiger partial charge in [0.25, 0.3) is 0 Å². The van der Waals surface area contributed by atoms with Crippen LogP contribution in [-0.4, -0.2) is 33.3 Å². The number of hydrogen-bond acceptors (Lipinski definition) is 6. The quantitative estimate of drug-likeness (QED) is 0.348. The van der Waals surface area contributed by atoms with Crippen LogP contribution in [0.3, 0.4) is 0 Å². The highest BCUT2D eigenvalue weighted by Crippen LogP contribution is 2.43. The molecular weight excluding hydrogens is 454 g/mol. The van der Waals surface area contributed by atoms with Crippen LogP contribution in [0.25, 0.3) is 27.8 Å². The van der Waals surface area contributed by atoms with Crippen molar-refractivity contribution in [3.8, 4) is 22.6 Å². The molecule has 0 aliphatic carbocycles. The molecule has 2 aromatic heterocycles. The summed E-state index contributed by atoms with van der Waals surface area (Å²) in [7, 11) is 1.61. The van der Waals surface area contributed by atoms with Gasteiger partial charge < -0.3 is 15.2 Å². The summed E-state index contributed by atoms with van der Waals surface area (Å²) in [5.74, 6) is 0.982.